The van der Waals surface area contributed by atoms with Crippen molar-refractivity contribution in [1.29, 1.82) is 0 Å². The van der Waals surface area contributed by atoms with Crippen molar-refractivity contribution in [2.24, 2.45) is 17.2 Å². The minimum atomic E-state index is -0.515. The molecule has 0 saturated heterocycles. The molecule has 5 unspecified atom stereocenters. The number of rotatable bonds is 22. The van der Waals surface area contributed by atoms with Crippen molar-refractivity contribution in [3.63, 3.8) is 0 Å². The number of amides is 3. The van der Waals surface area contributed by atoms with Gasteiger partial charge in [-0.25, -0.2) is 48.3 Å². The molecular weight excluding hydrogens is 1540 g/mol. The van der Waals surface area contributed by atoms with Gasteiger partial charge in [-0.15, -0.1) is 0 Å². The largest absolute Gasteiger partial charge is 0.497 e. The number of H-pyrrole nitrogens is 5. The Kier molecular flexibility index (Phi) is 27.7. The highest BCUT2D eigenvalue weighted by Gasteiger charge is 2.24. The zero-order chi connectivity index (χ0) is 80.8. The Morgan fingerprint density at radius 1 is 0.369 bits per heavy atom. The minimum absolute atomic E-state index is 0.0951. The summed E-state index contributed by atoms with van der Waals surface area (Å²) in [5.74, 6) is -0.832. The fraction of sp³-hybridized carbons (Fsp3) is 0.304. The van der Waals surface area contributed by atoms with Crippen LogP contribution in [0.2, 0.25) is 0 Å². The van der Waals surface area contributed by atoms with Gasteiger partial charge >= 0.3 is 11.9 Å². The Balaban J connectivity index is 0.000000160. The summed E-state index contributed by atoms with van der Waals surface area (Å²) >= 11 is 5.58. The van der Waals surface area contributed by atoms with E-state index in [4.69, 9.17) is 31.4 Å². The topological polar surface area (TPSA) is 518 Å². The molecule has 37 nitrogen and oxygen atoms in total. The van der Waals surface area contributed by atoms with Crippen LogP contribution in [0.1, 0.15) is 80.0 Å². The molecule has 3 amide bonds. The number of nitrogens with one attached hydrogen (secondary N) is 5. The van der Waals surface area contributed by atoms with E-state index in [0.29, 0.717) is 104 Å². The van der Waals surface area contributed by atoms with Crippen molar-refractivity contribution in [3.05, 3.63) is 161 Å². The number of carbonyl (C=O) groups excluding carboxylic acids is 5. The lowest BCUT2D eigenvalue weighted by molar-refractivity contribution is -0.140. The summed E-state index contributed by atoms with van der Waals surface area (Å²) in [6.45, 7) is 18.1. The lowest BCUT2D eigenvalue weighted by Gasteiger charge is -2.09. The number of esters is 2. The lowest BCUT2D eigenvalue weighted by atomic mass is 10.2. The first-order chi connectivity index (χ1) is 52.8. The van der Waals surface area contributed by atoms with E-state index < -0.39 is 49.9 Å². The Labute approximate surface area is 650 Å². The molecule has 10 aromatic heterocycles. The monoisotopic (exact) mass is 1610 g/mol. The second kappa shape index (κ2) is 37.0. The summed E-state index contributed by atoms with van der Waals surface area (Å²) in [7, 11) is 5.79. The number of methoxy groups -OCH3 is 4. The van der Waals surface area contributed by atoms with E-state index in [2.05, 4.69) is 80.1 Å². The van der Waals surface area contributed by atoms with Gasteiger partial charge < -0.3 is 61.1 Å². The molecule has 0 aliphatic rings. The summed E-state index contributed by atoms with van der Waals surface area (Å²) in [6, 6.07) is 22.4. The Morgan fingerprint density at radius 2 is 0.631 bits per heavy atom. The van der Waals surface area contributed by atoms with E-state index >= 15 is 0 Å². The zero-order valence-electron chi connectivity index (χ0n) is 62.1. The standard InChI is InChI=1S/C16H16N4O4S.C15H15N5O3S.C15H15N5O2S.C12H16N4O3S.C11H15N5O2S/c1-9(15(22)24-3)25-16-18-13-12(14(21)19-16)8-17-20(13)10-5-4-6-11(7-10)23-2;1-8(12(16)21)24-15-18-13-11(14(22)19-15)7-17-20(13)9-4-3-5-10(6-9)23-2;1-8-4-3-5-10(6-8)20-13-11(7-17-20)14(22)19-15(18-13)23-9(2)12(16)21;1-6(2)16-9-8(5-13-16)10(17)15-12(14-9)20-7(3)11(18)19-4;1-5(2)16-9-7(4-13-16)10(18)15-11(14-9)19-6(3)8(12)17/h4-9H,1-3H3,(H,18,19,21);3-8H,1-2H3,(H2,16,21)(H,18,19,22);3-7,9H,1-2H3,(H2,16,21)(H,18,19,22);5-7H,1-4H3,(H,14,15,17);4-6H,1-3H3,(H2,12,17)(H,14,15,18). The van der Waals surface area contributed by atoms with Crippen LogP contribution in [-0.2, 0) is 33.4 Å². The molecule has 0 aliphatic heterocycles. The highest BCUT2D eigenvalue weighted by molar-refractivity contribution is 8.01. The van der Waals surface area contributed by atoms with Crippen LogP contribution in [0.5, 0.6) is 11.5 Å². The number of ether oxygens (including phenoxy) is 4. The van der Waals surface area contributed by atoms with Gasteiger partial charge in [0.15, 0.2) is 54.0 Å². The molecule has 111 heavy (non-hydrogen) atoms. The minimum Gasteiger partial charge on any atom is -0.497 e. The number of aryl methyl sites for hydroxylation is 1. The quantitative estimate of drug-likeness (QED) is 0.0211. The van der Waals surface area contributed by atoms with Crippen molar-refractivity contribution in [2.75, 3.05) is 28.4 Å². The molecular formula is C69H77N23O14S5. The first-order valence-electron chi connectivity index (χ1n) is 33.4. The number of aromatic amines is 5. The van der Waals surface area contributed by atoms with Crippen molar-refractivity contribution in [2.45, 2.75) is 133 Å². The molecule has 13 rings (SSSR count). The van der Waals surface area contributed by atoms with Crippen molar-refractivity contribution in [1.82, 2.24) is 98.7 Å². The molecule has 42 heteroatoms. The predicted octanol–water partition coefficient (Wildman–Crippen LogP) is 6.26. The number of thioether (sulfide) groups is 5. The first kappa shape index (κ1) is 83.2. The van der Waals surface area contributed by atoms with Crippen LogP contribution in [0.15, 0.2) is 154 Å². The van der Waals surface area contributed by atoms with Gasteiger partial charge in [0.1, 0.15) is 48.9 Å². The smallest absolute Gasteiger partial charge is 0.318 e. The van der Waals surface area contributed by atoms with Crippen molar-refractivity contribution < 1.29 is 42.9 Å². The van der Waals surface area contributed by atoms with Crippen molar-refractivity contribution in [3.8, 4) is 28.6 Å². The van der Waals surface area contributed by atoms with Gasteiger partial charge in [0.2, 0.25) is 17.7 Å². The Morgan fingerprint density at radius 3 is 0.901 bits per heavy atom. The molecule has 3 aromatic carbocycles. The second-order valence-corrected chi connectivity index (χ2v) is 31.0. The van der Waals surface area contributed by atoms with Gasteiger partial charge in [-0.1, -0.05) is 83.1 Å². The van der Waals surface area contributed by atoms with E-state index in [1.807, 2.05) is 95.3 Å². The molecule has 0 bridgehead atoms. The summed E-state index contributed by atoms with van der Waals surface area (Å²) in [5.41, 5.74) is 19.8. The zero-order valence-corrected chi connectivity index (χ0v) is 66.1. The lowest BCUT2D eigenvalue weighted by Crippen LogP contribution is -2.23. The highest BCUT2D eigenvalue weighted by Crippen LogP contribution is 2.28. The van der Waals surface area contributed by atoms with Gasteiger partial charge in [-0.3, -0.25) is 47.9 Å². The third-order valence-electron chi connectivity index (χ3n) is 15.7. The SMILES string of the molecule is CC(Sc1nc2c(cnn2C(C)C)c(=O)[nH]1)C(N)=O.COC(=O)C(C)Sc1nc2c(cnn2-c2cccc(OC)c2)c(=O)[nH]1.COC(=O)C(C)Sc1nc2c(cnn2C(C)C)c(=O)[nH]1.COc1cccc(-n2ncc3c(=O)[nH]c(SC(C)C(N)=O)nc32)c1.Cc1cccc(-n2ncc3c(=O)[nH]c(SC(C)C(N)=O)nc32)c1. The molecule has 0 spiro atoms. The summed E-state index contributed by atoms with van der Waals surface area (Å²) in [5, 5.41) is 22.3. The molecule has 582 valence electrons. The first-order valence-corrected chi connectivity index (χ1v) is 37.8. The van der Waals surface area contributed by atoms with Crippen LogP contribution in [0.25, 0.3) is 72.2 Å². The van der Waals surface area contributed by atoms with Crippen LogP contribution in [0.4, 0.5) is 0 Å². The summed E-state index contributed by atoms with van der Waals surface area (Å²) < 4.78 is 27.8. The molecule has 0 aliphatic carbocycles. The molecule has 5 atom stereocenters. The number of benzene rings is 3. The Hall–Kier alpha value is -11.9. The maximum absolute atomic E-state index is 12.3. The fourth-order valence-corrected chi connectivity index (χ4v) is 13.7. The second-order valence-electron chi connectivity index (χ2n) is 24.4. The van der Waals surface area contributed by atoms with E-state index in [1.54, 1.807) is 84.4 Å². The third kappa shape index (κ3) is 20.3. The molecule has 0 radical (unpaired) electrons. The van der Waals surface area contributed by atoms with Gasteiger partial charge in [0.05, 0.1) is 92.2 Å². The van der Waals surface area contributed by atoms with Gasteiger partial charge in [-0.05, 0) is 111 Å². The molecule has 10 heterocycles. The third-order valence-corrected chi connectivity index (χ3v) is 20.6. The van der Waals surface area contributed by atoms with Crippen LogP contribution in [0.3, 0.4) is 0 Å². The van der Waals surface area contributed by atoms with Crippen LogP contribution >= 0.6 is 58.8 Å². The number of primary amides is 3. The van der Waals surface area contributed by atoms with Gasteiger partial charge in [0, 0.05) is 24.2 Å². The maximum Gasteiger partial charge on any atom is 0.318 e. The number of carbonyl (C=O) groups is 5. The van der Waals surface area contributed by atoms with Crippen LogP contribution in [-0.4, -0.2) is 183 Å². The maximum atomic E-state index is 12.3. The van der Waals surface area contributed by atoms with Crippen LogP contribution in [0, 0.1) is 6.92 Å². The van der Waals surface area contributed by atoms with Crippen LogP contribution < -0.4 is 54.5 Å². The normalized spacial score (nSPS) is 12.5. The fourth-order valence-electron chi connectivity index (χ4n) is 9.81. The predicted molar refractivity (Wildman–Crippen MR) is 422 cm³/mol. The van der Waals surface area contributed by atoms with E-state index in [9.17, 15) is 47.9 Å². The molecule has 13 aromatic rings. The average Bonchev–Trinajstić information content (AvgIpc) is 1.73. The number of aromatic nitrogens is 20. The Bertz CT molecular complexity index is 5900. The van der Waals surface area contributed by atoms with E-state index in [-0.39, 0.29) is 45.8 Å². The molecule has 0 saturated carbocycles. The summed E-state index contributed by atoms with van der Waals surface area (Å²) in [4.78, 5) is 152. The number of hydrogen-bond acceptors (Lipinski definition) is 29. The molecule has 11 N–H and O–H groups in total. The average molecular weight is 1610 g/mol. The molecule has 0 fully saturated rings. The summed E-state index contributed by atoms with van der Waals surface area (Å²) in [6.07, 6.45) is 7.38. The van der Waals surface area contributed by atoms with E-state index in [0.717, 1.165) is 70.1 Å². The number of nitrogens with zero attached hydrogens (tertiary/aromatic N) is 15. The highest BCUT2D eigenvalue weighted by atomic mass is 32.2. The van der Waals surface area contributed by atoms with Crippen molar-refractivity contribution >= 4 is 144 Å². The van der Waals surface area contributed by atoms with Gasteiger partial charge in [0.25, 0.3) is 27.8 Å². The number of nitrogens with two attached hydrogens (primary N) is 3. The number of hydrogen-bond donors (Lipinski definition) is 8. The van der Waals surface area contributed by atoms with Gasteiger partial charge in [-0.2, -0.15) is 25.5 Å². The van der Waals surface area contributed by atoms with E-state index in [1.165, 1.54) is 45.2 Å². The number of fused-ring (bicyclic) bond motifs is 5.